The second-order valence-corrected chi connectivity index (χ2v) is 7.65. The van der Waals surface area contributed by atoms with Gasteiger partial charge in [-0.1, -0.05) is 18.2 Å². The van der Waals surface area contributed by atoms with Gasteiger partial charge in [0.15, 0.2) is 17.1 Å². The summed E-state index contributed by atoms with van der Waals surface area (Å²) in [6.45, 7) is 1.13. The van der Waals surface area contributed by atoms with Crippen LogP contribution in [0.5, 0.6) is 11.5 Å². The van der Waals surface area contributed by atoms with Gasteiger partial charge in [-0.25, -0.2) is 14.1 Å². The quantitative estimate of drug-likeness (QED) is 0.424. The Bertz CT molecular complexity index is 1440. The third kappa shape index (κ3) is 4.51. The minimum absolute atomic E-state index is 0.196. The van der Waals surface area contributed by atoms with E-state index in [1.807, 2.05) is 6.07 Å². The van der Waals surface area contributed by atoms with Gasteiger partial charge in [0.2, 0.25) is 12.7 Å². The zero-order valence-electron chi connectivity index (χ0n) is 18.0. The summed E-state index contributed by atoms with van der Waals surface area (Å²) in [6.07, 6.45) is 6.03. The molecule has 0 atom stereocenters. The molecule has 0 spiro atoms. The van der Waals surface area contributed by atoms with Gasteiger partial charge in [0.1, 0.15) is 17.5 Å². The maximum Gasteiger partial charge on any atom is 0.264 e. The van der Waals surface area contributed by atoms with E-state index < -0.39 is 0 Å². The smallest absolute Gasteiger partial charge is 0.264 e. The van der Waals surface area contributed by atoms with Crippen molar-refractivity contribution in [2.75, 3.05) is 13.3 Å². The fraction of sp³-hybridized carbons (Fsp3) is 0.167. The predicted molar refractivity (Wildman–Crippen MR) is 122 cm³/mol. The maximum absolute atomic E-state index is 13.1. The van der Waals surface area contributed by atoms with Crippen LogP contribution in [0.25, 0.3) is 17.1 Å². The number of ether oxygens (including phenoxy) is 2. The normalized spacial score (nSPS) is 12.5. The molecule has 2 aromatic carbocycles. The molecule has 0 aliphatic carbocycles. The molecule has 0 saturated carbocycles. The second kappa shape index (κ2) is 9.18. The number of fused-ring (bicyclic) bond motifs is 2. The Morgan fingerprint density at radius 1 is 1.15 bits per heavy atom. The molecular weight excluding hydrogens is 441 g/mol. The third-order valence-corrected chi connectivity index (χ3v) is 5.34. The molecule has 1 aliphatic heterocycles. The van der Waals surface area contributed by atoms with Crippen molar-refractivity contribution in [1.82, 2.24) is 24.6 Å². The average Bonchev–Trinajstić information content (AvgIpc) is 3.48. The first kappa shape index (κ1) is 21.4. The summed E-state index contributed by atoms with van der Waals surface area (Å²) < 4.78 is 26.7. The Labute approximate surface area is 193 Å². The standard InChI is InChI=1S/C24H20FN5O4/c25-18-5-1-17(2-6-18)13-29-14-27-23-19(24(29)32)12-28-30(23)10-9-26-22(31)8-4-16-3-7-20-21(11-16)34-15-33-20/h1-8,11-12,14H,9-10,13,15H2,(H,26,31). The van der Waals surface area contributed by atoms with Gasteiger partial charge in [-0.15, -0.1) is 0 Å². The number of rotatable bonds is 7. The number of carbonyl (C=O) groups excluding carboxylic acids is 1. The van der Waals surface area contributed by atoms with E-state index in [4.69, 9.17) is 9.47 Å². The highest BCUT2D eigenvalue weighted by atomic mass is 19.1. The van der Waals surface area contributed by atoms with Crippen LogP contribution in [0.4, 0.5) is 4.39 Å². The van der Waals surface area contributed by atoms with Crippen molar-refractivity contribution < 1.29 is 18.7 Å². The lowest BCUT2D eigenvalue weighted by atomic mass is 10.2. The zero-order chi connectivity index (χ0) is 23.5. The van der Waals surface area contributed by atoms with E-state index in [0.717, 1.165) is 11.1 Å². The molecule has 0 saturated heterocycles. The van der Waals surface area contributed by atoms with Crippen LogP contribution >= 0.6 is 0 Å². The van der Waals surface area contributed by atoms with Gasteiger partial charge in [-0.3, -0.25) is 14.2 Å². The first-order valence-corrected chi connectivity index (χ1v) is 10.6. The Morgan fingerprint density at radius 2 is 1.97 bits per heavy atom. The van der Waals surface area contributed by atoms with E-state index in [0.29, 0.717) is 35.6 Å². The summed E-state index contributed by atoms with van der Waals surface area (Å²) in [7, 11) is 0. The van der Waals surface area contributed by atoms with Crippen LogP contribution in [0.3, 0.4) is 0 Å². The molecule has 4 aromatic rings. The van der Waals surface area contributed by atoms with E-state index in [2.05, 4.69) is 15.4 Å². The largest absolute Gasteiger partial charge is 0.454 e. The van der Waals surface area contributed by atoms with Crippen LogP contribution in [-0.2, 0) is 17.9 Å². The third-order valence-electron chi connectivity index (χ3n) is 5.34. The number of nitrogens with one attached hydrogen (secondary N) is 1. The summed E-state index contributed by atoms with van der Waals surface area (Å²) >= 11 is 0. The molecule has 2 aromatic heterocycles. The molecule has 3 heterocycles. The maximum atomic E-state index is 13.1. The number of hydrogen-bond donors (Lipinski definition) is 1. The number of benzene rings is 2. The Hall–Kier alpha value is -4.47. The fourth-order valence-electron chi connectivity index (χ4n) is 3.59. The summed E-state index contributed by atoms with van der Waals surface area (Å²) in [5.41, 5.74) is 1.80. The summed E-state index contributed by atoms with van der Waals surface area (Å²) in [4.78, 5) is 29.3. The van der Waals surface area contributed by atoms with Gasteiger partial charge in [0, 0.05) is 12.6 Å². The second-order valence-electron chi connectivity index (χ2n) is 7.65. The first-order chi connectivity index (χ1) is 16.6. The van der Waals surface area contributed by atoms with Gasteiger partial charge in [0.25, 0.3) is 5.56 Å². The van der Waals surface area contributed by atoms with Crippen molar-refractivity contribution >= 4 is 23.0 Å². The lowest BCUT2D eigenvalue weighted by molar-refractivity contribution is -0.116. The molecular formula is C24H20FN5O4. The Kier molecular flexibility index (Phi) is 5.77. The van der Waals surface area contributed by atoms with Crippen LogP contribution in [0.15, 0.2) is 65.9 Å². The number of nitrogens with zero attached hydrogens (tertiary/aromatic N) is 4. The summed E-state index contributed by atoms with van der Waals surface area (Å²) in [6, 6.07) is 11.4. The van der Waals surface area contributed by atoms with Gasteiger partial charge < -0.3 is 14.8 Å². The number of hydrogen-bond acceptors (Lipinski definition) is 6. The highest BCUT2D eigenvalue weighted by molar-refractivity contribution is 5.91. The van der Waals surface area contributed by atoms with Crippen molar-refractivity contribution in [3.63, 3.8) is 0 Å². The predicted octanol–water partition coefficient (Wildman–Crippen LogP) is 2.34. The van der Waals surface area contributed by atoms with Gasteiger partial charge in [-0.05, 0) is 41.5 Å². The van der Waals surface area contributed by atoms with Crippen LogP contribution in [0.2, 0.25) is 0 Å². The van der Waals surface area contributed by atoms with E-state index in [9.17, 15) is 14.0 Å². The lowest BCUT2D eigenvalue weighted by Crippen LogP contribution is -2.26. The number of amides is 1. The van der Waals surface area contributed by atoms with Gasteiger partial charge >= 0.3 is 0 Å². The van der Waals surface area contributed by atoms with Gasteiger partial charge in [-0.2, -0.15) is 5.10 Å². The van der Waals surface area contributed by atoms with E-state index in [1.165, 1.54) is 35.3 Å². The molecule has 1 amide bonds. The number of carbonyl (C=O) groups is 1. The van der Waals surface area contributed by atoms with Crippen LogP contribution in [0, 0.1) is 5.82 Å². The summed E-state index contributed by atoms with van der Waals surface area (Å²) in [5.74, 6) is 0.742. The minimum Gasteiger partial charge on any atom is -0.454 e. The molecule has 34 heavy (non-hydrogen) atoms. The van der Waals surface area contributed by atoms with Crippen LogP contribution < -0.4 is 20.3 Å². The molecule has 1 N–H and O–H groups in total. The fourth-order valence-corrected chi connectivity index (χ4v) is 3.59. The first-order valence-electron chi connectivity index (χ1n) is 10.6. The number of aromatic nitrogens is 4. The van der Waals surface area contributed by atoms with Crippen molar-refractivity contribution in [1.29, 1.82) is 0 Å². The van der Waals surface area contributed by atoms with E-state index in [1.54, 1.807) is 35.0 Å². The van der Waals surface area contributed by atoms with Crippen molar-refractivity contribution in [2.24, 2.45) is 0 Å². The SMILES string of the molecule is O=C(C=Cc1ccc2c(c1)OCO2)NCCn1ncc2c(=O)n(Cc3ccc(F)cc3)cnc21. The van der Waals surface area contributed by atoms with Crippen LogP contribution in [0.1, 0.15) is 11.1 Å². The minimum atomic E-state index is -0.332. The molecule has 0 fully saturated rings. The monoisotopic (exact) mass is 461 g/mol. The molecule has 10 heteroatoms. The topological polar surface area (TPSA) is 100 Å². The Morgan fingerprint density at radius 3 is 2.82 bits per heavy atom. The molecule has 9 nitrogen and oxygen atoms in total. The summed E-state index contributed by atoms with van der Waals surface area (Å²) in [5, 5.41) is 7.40. The molecule has 1 aliphatic rings. The van der Waals surface area contributed by atoms with Crippen LogP contribution in [-0.4, -0.2) is 38.6 Å². The molecule has 0 unspecified atom stereocenters. The lowest BCUT2D eigenvalue weighted by Gasteiger charge is -2.07. The van der Waals surface area contributed by atoms with E-state index in [-0.39, 0.29) is 30.6 Å². The molecule has 0 radical (unpaired) electrons. The average molecular weight is 461 g/mol. The van der Waals surface area contributed by atoms with Crippen molar-refractivity contribution in [2.45, 2.75) is 13.1 Å². The Balaban J connectivity index is 1.19. The zero-order valence-corrected chi connectivity index (χ0v) is 18.0. The van der Waals surface area contributed by atoms with Crippen molar-refractivity contribution in [3.8, 4) is 11.5 Å². The van der Waals surface area contributed by atoms with Crippen molar-refractivity contribution in [3.05, 3.63) is 88.4 Å². The highest BCUT2D eigenvalue weighted by Crippen LogP contribution is 2.32. The number of halogens is 1. The van der Waals surface area contributed by atoms with Gasteiger partial charge in [0.05, 0.1) is 19.3 Å². The van der Waals surface area contributed by atoms with E-state index >= 15 is 0 Å². The highest BCUT2D eigenvalue weighted by Gasteiger charge is 2.13. The molecule has 0 bridgehead atoms. The molecule has 5 rings (SSSR count). The molecule has 172 valence electrons.